The minimum atomic E-state index is -4.54. The number of carbonyl (C=O) groups excluding carboxylic acids is 1. The van der Waals surface area contributed by atoms with Crippen LogP contribution in [0.1, 0.15) is 10.4 Å². The molecule has 0 saturated heterocycles. The van der Waals surface area contributed by atoms with Crippen molar-refractivity contribution in [2.45, 2.75) is 6.18 Å². The molecule has 0 aliphatic rings. The van der Waals surface area contributed by atoms with E-state index in [9.17, 15) is 23.1 Å². The van der Waals surface area contributed by atoms with Crippen molar-refractivity contribution in [2.24, 2.45) is 0 Å². The van der Waals surface area contributed by atoms with E-state index < -0.39 is 30.1 Å². The Morgan fingerprint density at radius 1 is 1.26 bits per heavy atom. The van der Waals surface area contributed by atoms with Crippen molar-refractivity contribution in [1.82, 2.24) is 4.90 Å². The van der Waals surface area contributed by atoms with Crippen molar-refractivity contribution in [1.29, 1.82) is 0 Å². The molecule has 0 aliphatic heterocycles. The lowest BCUT2D eigenvalue weighted by atomic mass is 10.1. The van der Waals surface area contributed by atoms with Crippen LogP contribution in [0.2, 0.25) is 0 Å². The summed E-state index contributed by atoms with van der Waals surface area (Å²) >= 11 is 5.36. The van der Waals surface area contributed by atoms with Crippen molar-refractivity contribution in [3.63, 3.8) is 0 Å². The zero-order valence-corrected chi connectivity index (χ0v) is 10.4. The number of amides is 1. The SMILES string of the molecule is O=C(c1ccc(O)c(O)c1)N(CCCl)CC(F)(F)F. The molecule has 0 fully saturated rings. The van der Waals surface area contributed by atoms with E-state index in [1.807, 2.05) is 0 Å². The molecule has 4 nitrogen and oxygen atoms in total. The Morgan fingerprint density at radius 3 is 2.37 bits per heavy atom. The third-order valence-electron chi connectivity index (χ3n) is 2.23. The average molecular weight is 298 g/mol. The maximum absolute atomic E-state index is 12.3. The lowest BCUT2D eigenvalue weighted by Crippen LogP contribution is -2.40. The summed E-state index contributed by atoms with van der Waals surface area (Å²) in [5.74, 6) is -2.11. The number of phenols is 2. The van der Waals surface area contributed by atoms with Crippen LogP contribution in [0.25, 0.3) is 0 Å². The first-order valence-electron chi connectivity index (χ1n) is 5.18. The van der Waals surface area contributed by atoms with Crippen LogP contribution < -0.4 is 0 Å². The normalized spacial score (nSPS) is 11.4. The van der Waals surface area contributed by atoms with Gasteiger partial charge in [0.15, 0.2) is 11.5 Å². The van der Waals surface area contributed by atoms with E-state index in [0.29, 0.717) is 4.90 Å². The lowest BCUT2D eigenvalue weighted by molar-refractivity contribution is -0.140. The summed E-state index contributed by atoms with van der Waals surface area (Å²) in [5, 5.41) is 18.3. The number of hydrogen-bond donors (Lipinski definition) is 2. The van der Waals surface area contributed by atoms with Crippen molar-refractivity contribution < 1.29 is 28.2 Å². The predicted molar refractivity (Wildman–Crippen MR) is 62.5 cm³/mol. The van der Waals surface area contributed by atoms with Crippen LogP contribution in [-0.2, 0) is 0 Å². The molecule has 2 N–H and O–H groups in total. The predicted octanol–water partition coefficient (Wildman–Crippen LogP) is 2.34. The van der Waals surface area contributed by atoms with Gasteiger partial charge in [-0.15, -0.1) is 11.6 Å². The van der Waals surface area contributed by atoms with Gasteiger partial charge in [0.2, 0.25) is 0 Å². The molecule has 0 spiro atoms. The van der Waals surface area contributed by atoms with E-state index in [1.165, 1.54) is 0 Å². The summed E-state index contributed by atoms with van der Waals surface area (Å²) in [6.07, 6.45) is -4.54. The second-order valence-electron chi connectivity index (χ2n) is 3.73. The van der Waals surface area contributed by atoms with Crippen LogP contribution in [-0.4, -0.2) is 46.2 Å². The van der Waals surface area contributed by atoms with Gasteiger partial charge in [-0.2, -0.15) is 13.2 Å². The first kappa shape index (κ1) is 15.4. The third kappa shape index (κ3) is 4.51. The first-order valence-corrected chi connectivity index (χ1v) is 5.72. The molecule has 0 bridgehead atoms. The summed E-state index contributed by atoms with van der Waals surface area (Å²) in [6.45, 7) is -1.71. The molecule has 106 valence electrons. The van der Waals surface area contributed by atoms with Gasteiger partial charge in [-0.3, -0.25) is 4.79 Å². The highest BCUT2D eigenvalue weighted by Crippen LogP contribution is 2.26. The van der Waals surface area contributed by atoms with Crippen LogP contribution in [0.15, 0.2) is 18.2 Å². The van der Waals surface area contributed by atoms with Gasteiger partial charge in [0, 0.05) is 18.0 Å². The minimum Gasteiger partial charge on any atom is -0.504 e. The largest absolute Gasteiger partial charge is 0.504 e. The Hall–Kier alpha value is -1.63. The lowest BCUT2D eigenvalue weighted by Gasteiger charge is -2.23. The molecule has 19 heavy (non-hydrogen) atoms. The fourth-order valence-corrected chi connectivity index (χ4v) is 1.61. The van der Waals surface area contributed by atoms with Gasteiger partial charge in [0.25, 0.3) is 5.91 Å². The minimum absolute atomic E-state index is 0.147. The number of halogens is 4. The van der Waals surface area contributed by atoms with Crippen LogP contribution >= 0.6 is 11.6 Å². The third-order valence-corrected chi connectivity index (χ3v) is 2.40. The molecule has 0 atom stereocenters. The van der Waals surface area contributed by atoms with Crippen molar-refractivity contribution in [3.8, 4) is 11.5 Å². The number of rotatable bonds is 4. The van der Waals surface area contributed by atoms with Gasteiger partial charge < -0.3 is 15.1 Å². The van der Waals surface area contributed by atoms with Gasteiger partial charge in [-0.1, -0.05) is 0 Å². The van der Waals surface area contributed by atoms with Crippen LogP contribution in [0.4, 0.5) is 13.2 Å². The average Bonchev–Trinajstić information content (AvgIpc) is 2.29. The van der Waals surface area contributed by atoms with Crippen LogP contribution in [0, 0.1) is 0 Å². The molecule has 1 rings (SSSR count). The van der Waals surface area contributed by atoms with E-state index in [0.717, 1.165) is 18.2 Å². The maximum atomic E-state index is 12.3. The van der Waals surface area contributed by atoms with E-state index in [2.05, 4.69) is 0 Å². The van der Waals surface area contributed by atoms with Crippen molar-refractivity contribution >= 4 is 17.5 Å². The van der Waals surface area contributed by atoms with E-state index in [-0.39, 0.29) is 18.0 Å². The molecule has 1 amide bonds. The molecule has 0 heterocycles. The topological polar surface area (TPSA) is 60.8 Å². The van der Waals surface area contributed by atoms with E-state index >= 15 is 0 Å². The number of benzene rings is 1. The summed E-state index contributed by atoms with van der Waals surface area (Å²) in [6, 6.07) is 3.04. The summed E-state index contributed by atoms with van der Waals surface area (Å²) in [4.78, 5) is 12.4. The van der Waals surface area contributed by atoms with Gasteiger partial charge in [-0.25, -0.2) is 0 Å². The zero-order valence-electron chi connectivity index (χ0n) is 9.62. The second kappa shape index (κ2) is 6.01. The maximum Gasteiger partial charge on any atom is 0.406 e. The fourth-order valence-electron chi connectivity index (χ4n) is 1.41. The Balaban J connectivity index is 2.95. The molecule has 0 aliphatic carbocycles. The standard InChI is InChI=1S/C11H11ClF3NO3/c12-3-4-16(6-11(13,14)15)10(19)7-1-2-8(17)9(18)5-7/h1-2,5,17-18H,3-4,6H2. The summed E-state index contributed by atoms with van der Waals surface area (Å²) < 4.78 is 37.0. The summed E-state index contributed by atoms with van der Waals surface area (Å²) in [5.41, 5.74) is -0.162. The Labute approximate surface area is 112 Å². The molecule has 8 heteroatoms. The Morgan fingerprint density at radius 2 is 1.89 bits per heavy atom. The van der Waals surface area contributed by atoms with E-state index in [1.54, 1.807) is 0 Å². The van der Waals surface area contributed by atoms with Gasteiger partial charge in [0.05, 0.1) is 0 Å². The molecule has 1 aromatic rings. The van der Waals surface area contributed by atoms with Crippen molar-refractivity contribution in [3.05, 3.63) is 23.8 Å². The Bertz CT molecular complexity index is 465. The highest BCUT2D eigenvalue weighted by molar-refractivity contribution is 6.18. The van der Waals surface area contributed by atoms with Gasteiger partial charge in [0.1, 0.15) is 6.54 Å². The number of alkyl halides is 4. The van der Waals surface area contributed by atoms with Crippen LogP contribution in [0.3, 0.4) is 0 Å². The Kier molecular flexibility index (Phi) is 4.88. The molecule has 0 radical (unpaired) electrons. The number of carbonyl (C=O) groups is 1. The van der Waals surface area contributed by atoms with Gasteiger partial charge >= 0.3 is 6.18 Å². The molecular weight excluding hydrogens is 287 g/mol. The molecule has 0 saturated carbocycles. The number of hydrogen-bond acceptors (Lipinski definition) is 3. The molecular formula is C11H11ClF3NO3. The number of nitrogens with zero attached hydrogens (tertiary/aromatic N) is 1. The number of phenolic OH excluding ortho intramolecular Hbond substituents is 2. The fraction of sp³-hybridized carbons (Fsp3) is 0.364. The number of aromatic hydroxyl groups is 2. The highest BCUT2D eigenvalue weighted by atomic mass is 35.5. The zero-order chi connectivity index (χ0) is 14.6. The van der Waals surface area contributed by atoms with Crippen molar-refractivity contribution in [2.75, 3.05) is 19.0 Å². The monoisotopic (exact) mass is 297 g/mol. The molecule has 1 aromatic carbocycles. The van der Waals surface area contributed by atoms with Crippen LogP contribution in [0.5, 0.6) is 11.5 Å². The summed E-state index contributed by atoms with van der Waals surface area (Å²) in [7, 11) is 0. The molecule has 0 aromatic heterocycles. The molecule has 0 unspecified atom stereocenters. The van der Waals surface area contributed by atoms with E-state index in [4.69, 9.17) is 16.7 Å². The van der Waals surface area contributed by atoms with Gasteiger partial charge in [-0.05, 0) is 18.2 Å². The smallest absolute Gasteiger partial charge is 0.406 e. The quantitative estimate of drug-likeness (QED) is 0.662. The highest BCUT2D eigenvalue weighted by Gasteiger charge is 2.33. The second-order valence-corrected chi connectivity index (χ2v) is 4.11. The first-order chi connectivity index (χ1) is 8.74.